The molecule has 25 heavy (non-hydrogen) atoms. The Morgan fingerprint density at radius 2 is 1.80 bits per heavy atom. The second-order valence-electron chi connectivity index (χ2n) is 6.48. The first-order valence-electron chi connectivity index (χ1n) is 8.45. The number of rotatable bonds is 4. The van der Waals surface area contributed by atoms with Crippen LogP contribution in [-0.2, 0) is 5.54 Å². The second-order valence-corrected chi connectivity index (χ2v) is 6.48. The van der Waals surface area contributed by atoms with Gasteiger partial charge in [0.1, 0.15) is 0 Å². The van der Waals surface area contributed by atoms with Crippen molar-refractivity contribution >= 4 is 5.91 Å². The Morgan fingerprint density at radius 3 is 2.36 bits per heavy atom. The van der Waals surface area contributed by atoms with Crippen molar-refractivity contribution < 1.29 is 9.32 Å². The summed E-state index contributed by atoms with van der Waals surface area (Å²) >= 11 is 0. The van der Waals surface area contributed by atoms with E-state index in [1.54, 1.807) is 19.1 Å². The third-order valence-corrected chi connectivity index (χ3v) is 4.81. The summed E-state index contributed by atoms with van der Waals surface area (Å²) in [6.45, 7) is 1.77. The fraction of sp³-hybridized carbons (Fsp3) is 0.250. The normalized spacial score (nSPS) is 15.4. The van der Waals surface area contributed by atoms with Gasteiger partial charge in [-0.3, -0.25) is 4.79 Å². The number of aryl methyl sites for hydroxylation is 1. The summed E-state index contributed by atoms with van der Waals surface area (Å²) in [6, 6.07) is 17.4. The average molecular weight is 333 g/mol. The highest BCUT2D eigenvalue weighted by Gasteiger charge is 2.39. The Kier molecular flexibility index (Phi) is 3.84. The summed E-state index contributed by atoms with van der Waals surface area (Å²) < 4.78 is 5.15. The SMILES string of the molecule is Cc1noc(-c2ccc(C(=O)NC3(c4ccccc4)CCC3)cc2)n1. The van der Waals surface area contributed by atoms with Crippen molar-refractivity contribution in [3.63, 3.8) is 0 Å². The van der Waals surface area contributed by atoms with Gasteiger partial charge in [0.2, 0.25) is 0 Å². The molecule has 1 amide bonds. The zero-order valence-electron chi connectivity index (χ0n) is 14.0. The van der Waals surface area contributed by atoms with Crippen LogP contribution in [0.5, 0.6) is 0 Å². The third-order valence-electron chi connectivity index (χ3n) is 4.81. The topological polar surface area (TPSA) is 68.0 Å². The van der Waals surface area contributed by atoms with Crippen LogP contribution < -0.4 is 5.32 Å². The molecule has 4 rings (SSSR count). The van der Waals surface area contributed by atoms with Crippen LogP contribution in [0.2, 0.25) is 0 Å². The second kappa shape index (κ2) is 6.16. The lowest BCUT2D eigenvalue weighted by molar-refractivity contribution is 0.0823. The molecule has 3 aromatic rings. The van der Waals surface area contributed by atoms with Crippen LogP contribution >= 0.6 is 0 Å². The number of carbonyl (C=O) groups is 1. The summed E-state index contributed by atoms with van der Waals surface area (Å²) in [5, 5.41) is 7.02. The van der Waals surface area contributed by atoms with E-state index in [0.717, 1.165) is 24.8 Å². The molecule has 0 saturated heterocycles. The first-order valence-corrected chi connectivity index (χ1v) is 8.45. The summed E-state index contributed by atoms with van der Waals surface area (Å²) in [7, 11) is 0. The van der Waals surface area contributed by atoms with E-state index in [0.29, 0.717) is 17.3 Å². The molecule has 0 bridgehead atoms. The fourth-order valence-corrected chi connectivity index (χ4v) is 3.24. The number of nitrogens with one attached hydrogen (secondary N) is 1. The van der Waals surface area contributed by atoms with E-state index in [1.807, 2.05) is 30.3 Å². The molecule has 126 valence electrons. The molecular weight excluding hydrogens is 314 g/mol. The number of amides is 1. The molecule has 5 heteroatoms. The maximum Gasteiger partial charge on any atom is 0.257 e. The van der Waals surface area contributed by atoms with E-state index in [-0.39, 0.29) is 11.4 Å². The van der Waals surface area contributed by atoms with E-state index >= 15 is 0 Å². The van der Waals surface area contributed by atoms with Crippen LogP contribution in [0.3, 0.4) is 0 Å². The highest BCUT2D eigenvalue weighted by atomic mass is 16.5. The van der Waals surface area contributed by atoms with Gasteiger partial charge in [-0.05, 0) is 56.0 Å². The van der Waals surface area contributed by atoms with Gasteiger partial charge < -0.3 is 9.84 Å². The van der Waals surface area contributed by atoms with Crippen molar-refractivity contribution in [2.24, 2.45) is 0 Å². The Bertz CT molecular complexity index is 881. The molecule has 0 spiro atoms. The molecular formula is C20H19N3O2. The summed E-state index contributed by atoms with van der Waals surface area (Å²) in [4.78, 5) is 16.9. The molecule has 5 nitrogen and oxygen atoms in total. The van der Waals surface area contributed by atoms with Crippen molar-refractivity contribution in [2.75, 3.05) is 0 Å². The van der Waals surface area contributed by atoms with E-state index in [1.165, 1.54) is 5.56 Å². The largest absolute Gasteiger partial charge is 0.343 e. The van der Waals surface area contributed by atoms with E-state index in [4.69, 9.17) is 4.52 Å². The van der Waals surface area contributed by atoms with E-state index in [9.17, 15) is 4.79 Å². The van der Waals surface area contributed by atoms with Crippen LogP contribution in [0.4, 0.5) is 0 Å². The Balaban J connectivity index is 1.53. The molecule has 1 aliphatic rings. The van der Waals surface area contributed by atoms with Gasteiger partial charge in [-0.15, -0.1) is 0 Å². The molecule has 0 radical (unpaired) electrons. The van der Waals surface area contributed by atoms with Crippen LogP contribution in [0.25, 0.3) is 11.5 Å². The van der Waals surface area contributed by atoms with Crippen LogP contribution in [0.1, 0.15) is 41.0 Å². The molecule has 1 heterocycles. The van der Waals surface area contributed by atoms with Crippen molar-refractivity contribution in [3.05, 3.63) is 71.5 Å². The molecule has 1 fully saturated rings. The maximum atomic E-state index is 12.7. The van der Waals surface area contributed by atoms with Crippen LogP contribution in [0.15, 0.2) is 59.1 Å². The zero-order chi connectivity index (χ0) is 17.3. The number of aromatic nitrogens is 2. The number of carbonyl (C=O) groups excluding carboxylic acids is 1. The first-order chi connectivity index (χ1) is 12.2. The molecule has 1 aromatic heterocycles. The van der Waals surface area contributed by atoms with Crippen molar-refractivity contribution in [3.8, 4) is 11.5 Å². The molecule has 1 aliphatic carbocycles. The van der Waals surface area contributed by atoms with E-state index < -0.39 is 0 Å². The van der Waals surface area contributed by atoms with Gasteiger partial charge in [-0.1, -0.05) is 35.5 Å². The fourth-order valence-electron chi connectivity index (χ4n) is 3.24. The molecule has 1 N–H and O–H groups in total. The van der Waals surface area contributed by atoms with Gasteiger partial charge in [-0.25, -0.2) is 0 Å². The highest BCUT2D eigenvalue weighted by Crippen LogP contribution is 2.41. The highest BCUT2D eigenvalue weighted by molar-refractivity contribution is 5.95. The summed E-state index contributed by atoms with van der Waals surface area (Å²) in [5.41, 5.74) is 2.37. The number of hydrogen-bond donors (Lipinski definition) is 1. The standard InChI is InChI=1S/C20H19N3O2/c1-14-21-19(25-23-14)16-10-8-15(9-11-16)18(24)22-20(12-5-13-20)17-6-3-2-4-7-17/h2-4,6-11H,5,12-13H2,1H3,(H,22,24). The van der Waals surface area contributed by atoms with Gasteiger partial charge in [0, 0.05) is 11.1 Å². The lowest BCUT2D eigenvalue weighted by Crippen LogP contribution is -2.50. The Hall–Kier alpha value is -2.95. The monoisotopic (exact) mass is 333 g/mol. The number of nitrogens with zero attached hydrogens (tertiary/aromatic N) is 2. The van der Waals surface area contributed by atoms with Gasteiger partial charge >= 0.3 is 0 Å². The Labute approximate surface area is 146 Å². The predicted molar refractivity (Wildman–Crippen MR) is 93.9 cm³/mol. The molecule has 0 atom stereocenters. The lowest BCUT2D eigenvalue weighted by Gasteiger charge is -2.43. The lowest BCUT2D eigenvalue weighted by atomic mass is 9.71. The van der Waals surface area contributed by atoms with Crippen molar-refractivity contribution in [1.82, 2.24) is 15.5 Å². The van der Waals surface area contributed by atoms with Crippen molar-refractivity contribution in [1.29, 1.82) is 0 Å². The van der Waals surface area contributed by atoms with Gasteiger partial charge in [0.25, 0.3) is 11.8 Å². The number of hydrogen-bond acceptors (Lipinski definition) is 4. The number of benzene rings is 2. The molecule has 0 unspecified atom stereocenters. The maximum absolute atomic E-state index is 12.7. The van der Waals surface area contributed by atoms with Gasteiger partial charge in [0.05, 0.1) is 5.54 Å². The third kappa shape index (κ3) is 2.93. The minimum Gasteiger partial charge on any atom is -0.343 e. The smallest absolute Gasteiger partial charge is 0.257 e. The molecule has 2 aromatic carbocycles. The summed E-state index contributed by atoms with van der Waals surface area (Å²) in [5.74, 6) is 0.993. The van der Waals surface area contributed by atoms with Gasteiger partial charge in [-0.2, -0.15) is 4.98 Å². The average Bonchev–Trinajstić information content (AvgIpc) is 3.05. The Morgan fingerprint density at radius 1 is 1.08 bits per heavy atom. The summed E-state index contributed by atoms with van der Waals surface area (Å²) in [6.07, 6.45) is 3.08. The van der Waals surface area contributed by atoms with Crippen LogP contribution in [-0.4, -0.2) is 16.0 Å². The minimum absolute atomic E-state index is 0.0585. The predicted octanol–water partition coefficient (Wildman–Crippen LogP) is 3.85. The quantitative estimate of drug-likeness (QED) is 0.787. The van der Waals surface area contributed by atoms with Crippen molar-refractivity contribution in [2.45, 2.75) is 31.7 Å². The first kappa shape index (κ1) is 15.6. The zero-order valence-corrected chi connectivity index (χ0v) is 14.0. The van der Waals surface area contributed by atoms with E-state index in [2.05, 4.69) is 27.6 Å². The minimum atomic E-state index is -0.236. The van der Waals surface area contributed by atoms with Crippen LogP contribution in [0, 0.1) is 6.92 Å². The van der Waals surface area contributed by atoms with Gasteiger partial charge in [0.15, 0.2) is 5.82 Å². The molecule has 1 saturated carbocycles. The molecule has 0 aliphatic heterocycles.